The van der Waals surface area contributed by atoms with Gasteiger partial charge >= 0.3 is 0 Å². The topological polar surface area (TPSA) is 49.7 Å². The van der Waals surface area contributed by atoms with E-state index < -0.39 is 12.2 Å². The van der Waals surface area contributed by atoms with Crippen LogP contribution in [0.1, 0.15) is 19.4 Å². The zero-order valence-electron chi connectivity index (χ0n) is 10.4. The van der Waals surface area contributed by atoms with Gasteiger partial charge in [-0.1, -0.05) is 19.9 Å². The zero-order valence-corrected chi connectivity index (χ0v) is 11.9. The average molecular weight is 303 g/mol. The highest BCUT2D eigenvalue weighted by Gasteiger charge is 2.20. The number of methoxy groups -OCH3 is 1. The monoisotopic (exact) mass is 302 g/mol. The quantitative estimate of drug-likeness (QED) is 0.878. The number of halogens is 1. The summed E-state index contributed by atoms with van der Waals surface area (Å²) < 4.78 is 5.98. The van der Waals surface area contributed by atoms with Gasteiger partial charge in [-0.15, -0.1) is 0 Å². The maximum absolute atomic E-state index is 9.86. The molecule has 0 aliphatic rings. The van der Waals surface area contributed by atoms with Crippen molar-refractivity contribution in [1.29, 1.82) is 0 Å². The van der Waals surface area contributed by atoms with Gasteiger partial charge in [0, 0.05) is 6.42 Å². The number of benzene rings is 1. The lowest BCUT2D eigenvalue weighted by atomic mass is 9.96. The normalized spacial score (nSPS) is 14.8. The minimum atomic E-state index is -0.740. The second-order valence-corrected chi connectivity index (χ2v) is 5.33. The first-order valence-electron chi connectivity index (χ1n) is 5.64. The molecule has 0 aliphatic carbocycles. The highest BCUT2D eigenvalue weighted by atomic mass is 79.9. The van der Waals surface area contributed by atoms with Crippen molar-refractivity contribution < 1.29 is 14.9 Å². The molecule has 0 bridgehead atoms. The van der Waals surface area contributed by atoms with Gasteiger partial charge in [-0.25, -0.2) is 0 Å². The Hall–Kier alpha value is -0.580. The Balaban J connectivity index is 2.72. The van der Waals surface area contributed by atoms with Gasteiger partial charge < -0.3 is 14.9 Å². The van der Waals surface area contributed by atoms with Crippen LogP contribution in [0.2, 0.25) is 0 Å². The molecule has 17 heavy (non-hydrogen) atoms. The van der Waals surface area contributed by atoms with Crippen LogP contribution in [0.3, 0.4) is 0 Å². The van der Waals surface area contributed by atoms with E-state index in [2.05, 4.69) is 15.9 Å². The van der Waals surface area contributed by atoms with Crippen LogP contribution in [-0.2, 0) is 6.42 Å². The molecule has 0 aliphatic heterocycles. The number of rotatable bonds is 5. The smallest absolute Gasteiger partial charge is 0.133 e. The molecular formula is C13H19BrO3. The molecular weight excluding hydrogens is 284 g/mol. The van der Waals surface area contributed by atoms with E-state index in [-0.39, 0.29) is 5.92 Å². The largest absolute Gasteiger partial charge is 0.496 e. The lowest BCUT2D eigenvalue weighted by Crippen LogP contribution is -2.32. The Morgan fingerprint density at radius 2 is 1.94 bits per heavy atom. The second-order valence-electron chi connectivity index (χ2n) is 4.47. The maximum Gasteiger partial charge on any atom is 0.133 e. The highest BCUT2D eigenvalue weighted by Crippen LogP contribution is 2.26. The van der Waals surface area contributed by atoms with Crippen LogP contribution in [0.25, 0.3) is 0 Å². The van der Waals surface area contributed by atoms with E-state index in [0.717, 1.165) is 15.8 Å². The van der Waals surface area contributed by atoms with Crippen molar-refractivity contribution in [3.63, 3.8) is 0 Å². The van der Waals surface area contributed by atoms with Crippen LogP contribution in [0.4, 0.5) is 0 Å². The van der Waals surface area contributed by atoms with Crippen LogP contribution in [-0.4, -0.2) is 29.5 Å². The van der Waals surface area contributed by atoms with Crippen LogP contribution in [0.5, 0.6) is 5.75 Å². The van der Waals surface area contributed by atoms with E-state index in [0.29, 0.717) is 6.42 Å². The summed E-state index contributed by atoms with van der Waals surface area (Å²) in [5.74, 6) is 0.805. The van der Waals surface area contributed by atoms with Gasteiger partial charge in [-0.2, -0.15) is 0 Å². The van der Waals surface area contributed by atoms with Crippen molar-refractivity contribution in [2.45, 2.75) is 32.5 Å². The molecule has 0 spiro atoms. The number of hydrogen-bond donors (Lipinski definition) is 2. The Morgan fingerprint density at radius 3 is 2.41 bits per heavy atom. The fourth-order valence-corrected chi connectivity index (χ4v) is 2.23. The summed E-state index contributed by atoms with van der Waals surface area (Å²) in [4.78, 5) is 0. The number of aliphatic hydroxyl groups excluding tert-OH is 2. The van der Waals surface area contributed by atoms with Crippen molar-refractivity contribution in [3.8, 4) is 5.75 Å². The lowest BCUT2D eigenvalue weighted by Gasteiger charge is -2.21. The van der Waals surface area contributed by atoms with Crippen LogP contribution in [0.15, 0.2) is 22.7 Å². The van der Waals surface area contributed by atoms with Crippen molar-refractivity contribution in [3.05, 3.63) is 28.2 Å². The molecule has 0 fully saturated rings. The summed E-state index contributed by atoms with van der Waals surface area (Å²) in [6.45, 7) is 3.77. The van der Waals surface area contributed by atoms with E-state index in [4.69, 9.17) is 4.74 Å². The number of aliphatic hydroxyl groups is 2. The van der Waals surface area contributed by atoms with E-state index in [1.165, 1.54) is 0 Å². The Morgan fingerprint density at radius 1 is 1.29 bits per heavy atom. The summed E-state index contributed by atoms with van der Waals surface area (Å²) in [6, 6.07) is 5.63. The summed E-state index contributed by atoms with van der Waals surface area (Å²) in [6.07, 6.45) is -1.01. The molecule has 0 aromatic heterocycles. The zero-order chi connectivity index (χ0) is 13.0. The van der Waals surface area contributed by atoms with Crippen molar-refractivity contribution >= 4 is 15.9 Å². The Bertz CT molecular complexity index is 366. The van der Waals surface area contributed by atoms with Gasteiger partial charge in [0.15, 0.2) is 0 Å². The van der Waals surface area contributed by atoms with E-state index in [1.54, 1.807) is 7.11 Å². The molecule has 0 saturated heterocycles. The number of ether oxygens (including phenoxy) is 1. The molecule has 96 valence electrons. The molecule has 2 N–H and O–H groups in total. The van der Waals surface area contributed by atoms with Gasteiger partial charge in [0.1, 0.15) is 5.75 Å². The van der Waals surface area contributed by atoms with E-state index in [9.17, 15) is 10.2 Å². The molecule has 0 amide bonds. The molecule has 1 rings (SSSR count). The first-order valence-corrected chi connectivity index (χ1v) is 6.43. The van der Waals surface area contributed by atoms with Gasteiger partial charge in [0.2, 0.25) is 0 Å². The molecule has 0 saturated carbocycles. The van der Waals surface area contributed by atoms with E-state index >= 15 is 0 Å². The van der Waals surface area contributed by atoms with Crippen molar-refractivity contribution in [2.24, 2.45) is 5.92 Å². The Labute approximate surface area is 111 Å². The summed E-state index contributed by atoms with van der Waals surface area (Å²) >= 11 is 3.39. The minimum absolute atomic E-state index is 0.0479. The van der Waals surface area contributed by atoms with Gasteiger partial charge in [-0.3, -0.25) is 0 Å². The van der Waals surface area contributed by atoms with Crippen LogP contribution in [0, 0.1) is 5.92 Å². The predicted octanol–water partition coefficient (Wildman–Crippen LogP) is 2.38. The molecule has 1 aromatic rings. The third-order valence-electron chi connectivity index (χ3n) is 2.74. The standard InChI is InChI=1S/C13H19BrO3/c1-8(2)13(16)11(15)7-9-4-5-12(17-3)10(14)6-9/h4-6,8,11,13,15-16H,7H2,1-3H3. The Kier molecular flexibility index (Phi) is 5.43. The number of hydrogen-bond acceptors (Lipinski definition) is 3. The third-order valence-corrected chi connectivity index (χ3v) is 3.36. The fraction of sp³-hybridized carbons (Fsp3) is 0.538. The molecule has 0 heterocycles. The van der Waals surface area contributed by atoms with Gasteiger partial charge in [0.25, 0.3) is 0 Å². The first-order chi connectivity index (χ1) is 7.95. The highest BCUT2D eigenvalue weighted by molar-refractivity contribution is 9.10. The molecule has 1 aromatic carbocycles. The summed E-state index contributed by atoms with van der Waals surface area (Å²) in [5, 5.41) is 19.6. The van der Waals surface area contributed by atoms with Gasteiger partial charge in [0.05, 0.1) is 23.8 Å². The fourth-order valence-electron chi connectivity index (χ4n) is 1.64. The summed E-state index contributed by atoms with van der Waals surface area (Å²) in [7, 11) is 1.61. The van der Waals surface area contributed by atoms with E-state index in [1.807, 2.05) is 32.0 Å². The van der Waals surface area contributed by atoms with Gasteiger partial charge in [-0.05, 0) is 39.5 Å². The minimum Gasteiger partial charge on any atom is -0.496 e. The molecule has 0 radical (unpaired) electrons. The van der Waals surface area contributed by atoms with Crippen molar-refractivity contribution in [1.82, 2.24) is 0 Å². The molecule has 4 heteroatoms. The molecule has 3 nitrogen and oxygen atoms in total. The molecule has 2 unspecified atom stereocenters. The average Bonchev–Trinajstić information content (AvgIpc) is 2.28. The lowest BCUT2D eigenvalue weighted by molar-refractivity contribution is -0.00732. The van der Waals surface area contributed by atoms with Crippen LogP contribution < -0.4 is 4.74 Å². The maximum atomic E-state index is 9.86. The molecule has 2 atom stereocenters. The van der Waals surface area contributed by atoms with Crippen molar-refractivity contribution in [2.75, 3.05) is 7.11 Å². The predicted molar refractivity (Wildman–Crippen MR) is 71.2 cm³/mol. The SMILES string of the molecule is COc1ccc(CC(O)C(O)C(C)C)cc1Br. The van der Waals surface area contributed by atoms with Crippen LogP contribution >= 0.6 is 15.9 Å². The third kappa shape index (κ3) is 3.98. The first kappa shape index (κ1) is 14.5. The second kappa shape index (κ2) is 6.38. The summed E-state index contributed by atoms with van der Waals surface area (Å²) in [5.41, 5.74) is 0.963.